The first kappa shape index (κ1) is 18.8. The van der Waals surface area contributed by atoms with Crippen molar-refractivity contribution >= 4 is 17.9 Å². The first-order valence-electron chi connectivity index (χ1n) is 7.28. The van der Waals surface area contributed by atoms with Crippen LogP contribution in [0.15, 0.2) is 30.3 Å². The van der Waals surface area contributed by atoms with Crippen molar-refractivity contribution in [3.05, 3.63) is 35.9 Å². The van der Waals surface area contributed by atoms with Gasteiger partial charge in [-0.05, 0) is 31.6 Å². The Labute approximate surface area is 136 Å². The molecule has 0 radical (unpaired) electrons. The molecule has 0 unspecified atom stereocenters. The van der Waals surface area contributed by atoms with Crippen molar-refractivity contribution in [2.75, 3.05) is 18.1 Å². The molecule has 1 rings (SSSR count). The van der Waals surface area contributed by atoms with Crippen LogP contribution in [0.25, 0.3) is 0 Å². The number of nitrogens with one attached hydrogen (secondary N) is 1. The number of aliphatic hydroxyl groups is 2. The van der Waals surface area contributed by atoms with Crippen LogP contribution >= 0.6 is 11.8 Å². The number of carbonyl (C=O) groups is 1. The molecule has 5 nitrogen and oxygen atoms in total. The van der Waals surface area contributed by atoms with Gasteiger partial charge in [0.15, 0.2) is 0 Å². The van der Waals surface area contributed by atoms with Crippen LogP contribution < -0.4 is 5.32 Å². The molecule has 0 aliphatic carbocycles. The fraction of sp³-hybridized carbons (Fsp3) is 0.562. The third-order valence-corrected chi connectivity index (χ3v) is 4.16. The molecule has 0 fully saturated rings. The number of benzene rings is 1. The summed E-state index contributed by atoms with van der Waals surface area (Å²) in [5.74, 6) is 1.27. The van der Waals surface area contributed by atoms with E-state index in [2.05, 4.69) is 5.32 Å². The average molecular weight is 327 g/mol. The molecule has 0 heterocycles. The SMILES string of the molecule is CC(C)(CCSC[C@H](O)CO)NC(=O)OCc1ccccc1. The molecule has 0 spiro atoms. The lowest BCUT2D eigenvalue weighted by molar-refractivity contribution is 0.113. The van der Waals surface area contributed by atoms with Gasteiger partial charge in [-0.2, -0.15) is 11.8 Å². The lowest BCUT2D eigenvalue weighted by Crippen LogP contribution is -2.44. The highest BCUT2D eigenvalue weighted by molar-refractivity contribution is 7.99. The summed E-state index contributed by atoms with van der Waals surface area (Å²) in [4.78, 5) is 11.8. The fourth-order valence-electron chi connectivity index (χ4n) is 1.70. The summed E-state index contributed by atoms with van der Waals surface area (Å²) in [5, 5.41) is 20.8. The molecule has 0 aliphatic heterocycles. The second-order valence-electron chi connectivity index (χ2n) is 5.73. The maximum absolute atomic E-state index is 11.8. The largest absolute Gasteiger partial charge is 0.445 e. The quantitative estimate of drug-likeness (QED) is 0.606. The van der Waals surface area contributed by atoms with Crippen LogP contribution in [0.5, 0.6) is 0 Å². The van der Waals surface area contributed by atoms with Crippen molar-refractivity contribution in [2.24, 2.45) is 0 Å². The molecule has 1 atom stereocenters. The van der Waals surface area contributed by atoms with Crippen LogP contribution in [-0.2, 0) is 11.3 Å². The maximum atomic E-state index is 11.8. The number of rotatable bonds is 9. The van der Waals surface area contributed by atoms with Crippen LogP contribution in [0.1, 0.15) is 25.8 Å². The summed E-state index contributed by atoms with van der Waals surface area (Å²) in [7, 11) is 0. The molecular formula is C16H25NO4S. The van der Waals surface area contributed by atoms with Gasteiger partial charge in [-0.15, -0.1) is 0 Å². The van der Waals surface area contributed by atoms with E-state index in [-0.39, 0.29) is 18.8 Å². The zero-order valence-electron chi connectivity index (χ0n) is 13.1. The molecule has 0 aliphatic rings. The fourth-order valence-corrected chi connectivity index (χ4v) is 2.90. The summed E-state index contributed by atoms with van der Waals surface area (Å²) in [6.07, 6.45) is -0.373. The van der Waals surface area contributed by atoms with E-state index in [4.69, 9.17) is 9.84 Å². The average Bonchev–Trinajstić information content (AvgIpc) is 2.50. The molecule has 0 bridgehead atoms. The Balaban J connectivity index is 2.23. The van der Waals surface area contributed by atoms with Crippen molar-refractivity contribution < 1.29 is 19.7 Å². The highest BCUT2D eigenvalue weighted by atomic mass is 32.2. The third kappa shape index (κ3) is 8.26. The Morgan fingerprint density at radius 3 is 2.68 bits per heavy atom. The van der Waals surface area contributed by atoms with Gasteiger partial charge in [0.2, 0.25) is 0 Å². The number of thioether (sulfide) groups is 1. The highest BCUT2D eigenvalue weighted by Gasteiger charge is 2.21. The van der Waals surface area contributed by atoms with E-state index in [1.807, 2.05) is 44.2 Å². The number of amides is 1. The monoisotopic (exact) mass is 327 g/mol. The molecule has 22 heavy (non-hydrogen) atoms. The van der Waals surface area contributed by atoms with E-state index in [0.29, 0.717) is 5.75 Å². The molecule has 1 amide bonds. The molecule has 0 saturated carbocycles. The molecular weight excluding hydrogens is 302 g/mol. The zero-order valence-corrected chi connectivity index (χ0v) is 13.9. The van der Waals surface area contributed by atoms with Crippen molar-refractivity contribution in [2.45, 2.75) is 38.5 Å². The molecule has 1 aromatic rings. The van der Waals surface area contributed by atoms with Crippen molar-refractivity contribution in [1.29, 1.82) is 0 Å². The van der Waals surface area contributed by atoms with Crippen molar-refractivity contribution in [3.63, 3.8) is 0 Å². The van der Waals surface area contributed by atoms with Crippen LogP contribution in [0, 0.1) is 0 Å². The number of hydrogen-bond acceptors (Lipinski definition) is 5. The molecule has 6 heteroatoms. The summed E-state index contributed by atoms with van der Waals surface area (Å²) < 4.78 is 5.20. The predicted octanol–water partition coefficient (Wildman–Crippen LogP) is 2.17. The van der Waals surface area contributed by atoms with Crippen LogP contribution in [0.4, 0.5) is 4.79 Å². The van der Waals surface area contributed by atoms with E-state index < -0.39 is 12.2 Å². The van der Waals surface area contributed by atoms with Crippen molar-refractivity contribution in [3.8, 4) is 0 Å². The number of hydrogen-bond donors (Lipinski definition) is 3. The molecule has 0 aromatic heterocycles. The number of ether oxygens (including phenoxy) is 1. The van der Waals surface area contributed by atoms with E-state index in [1.165, 1.54) is 0 Å². The molecule has 3 N–H and O–H groups in total. The lowest BCUT2D eigenvalue weighted by atomic mass is 10.0. The first-order valence-corrected chi connectivity index (χ1v) is 8.44. The minimum absolute atomic E-state index is 0.222. The van der Waals surface area contributed by atoms with Gasteiger partial charge in [-0.3, -0.25) is 0 Å². The maximum Gasteiger partial charge on any atom is 0.407 e. The Morgan fingerprint density at radius 2 is 2.05 bits per heavy atom. The van der Waals surface area contributed by atoms with Gasteiger partial charge in [-0.25, -0.2) is 4.79 Å². The number of alkyl carbamates (subject to hydrolysis) is 1. The van der Waals surface area contributed by atoms with E-state index in [0.717, 1.165) is 17.7 Å². The third-order valence-electron chi connectivity index (χ3n) is 3.05. The van der Waals surface area contributed by atoms with Gasteiger partial charge in [0.05, 0.1) is 12.7 Å². The van der Waals surface area contributed by atoms with E-state index in [1.54, 1.807) is 11.8 Å². The Morgan fingerprint density at radius 1 is 1.36 bits per heavy atom. The molecule has 0 saturated heterocycles. The minimum atomic E-state index is -0.683. The lowest BCUT2D eigenvalue weighted by Gasteiger charge is -2.25. The Hall–Kier alpha value is -1.24. The summed E-state index contributed by atoms with van der Waals surface area (Å²) in [6.45, 7) is 3.89. The van der Waals surface area contributed by atoms with Gasteiger partial charge >= 0.3 is 6.09 Å². The molecule has 1 aromatic carbocycles. The van der Waals surface area contributed by atoms with Gasteiger partial charge < -0.3 is 20.3 Å². The first-order chi connectivity index (χ1) is 10.4. The number of aliphatic hydroxyl groups excluding tert-OH is 2. The topological polar surface area (TPSA) is 78.8 Å². The summed E-state index contributed by atoms with van der Waals surface area (Å²) in [6, 6.07) is 9.53. The second kappa shape index (κ2) is 9.71. The summed E-state index contributed by atoms with van der Waals surface area (Å²) in [5.41, 5.74) is 0.564. The molecule has 124 valence electrons. The van der Waals surface area contributed by atoms with Gasteiger partial charge in [0, 0.05) is 11.3 Å². The Kier molecular flexibility index (Phi) is 8.30. The van der Waals surface area contributed by atoms with Crippen LogP contribution in [-0.4, -0.2) is 46.1 Å². The predicted molar refractivity (Wildman–Crippen MR) is 88.9 cm³/mol. The zero-order chi connectivity index (χ0) is 16.4. The minimum Gasteiger partial charge on any atom is -0.445 e. The Bertz CT molecular complexity index is 439. The van der Waals surface area contributed by atoms with E-state index >= 15 is 0 Å². The van der Waals surface area contributed by atoms with Gasteiger partial charge in [0.25, 0.3) is 0 Å². The summed E-state index contributed by atoms with van der Waals surface area (Å²) >= 11 is 1.55. The number of carbonyl (C=O) groups excluding carboxylic acids is 1. The van der Waals surface area contributed by atoms with Gasteiger partial charge in [-0.1, -0.05) is 30.3 Å². The van der Waals surface area contributed by atoms with Crippen LogP contribution in [0.2, 0.25) is 0 Å². The standard InChI is InChI=1S/C16H25NO4S/c1-16(2,8-9-22-12-14(19)10-18)17-15(20)21-11-13-6-4-3-5-7-13/h3-7,14,18-19H,8-12H2,1-2H3,(H,17,20)/t14-/m1/s1. The smallest absolute Gasteiger partial charge is 0.407 e. The van der Waals surface area contributed by atoms with E-state index in [9.17, 15) is 9.90 Å². The van der Waals surface area contributed by atoms with Crippen LogP contribution in [0.3, 0.4) is 0 Å². The normalized spacial score (nSPS) is 12.7. The van der Waals surface area contributed by atoms with Crippen molar-refractivity contribution in [1.82, 2.24) is 5.32 Å². The van der Waals surface area contributed by atoms with Gasteiger partial charge in [0.1, 0.15) is 6.61 Å². The highest BCUT2D eigenvalue weighted by Crippen LogP contribution is 2.15. The second-order valence-corrected chi connectivity index (χ2v) is 6.88.